The van der Waals surface area contributed by atoms with Crippen LogP contribution in [0.25, 0.3) is 0 Å². The Balaban J connectivity index is 1.41. The Labute approximate surface area is 224 Å². The van der Waals surface area contributed by atoms with E-state index in [1.807, 2.05) is 0 Å². The third-order valence-corrected chi connectivity index (χ3v) is 7.55. The molecule has 2 heterocycles. The van der Waals surface area contributed by atoms with Gasteiger partial charge in [0.05, 0.1) is 81.1 Å². The van der Waals surface area contributed by atoms with Crippen LogP contribution in [0.4, 0.5) is 0 Å². The number of imide groups is 2. The first-order chi connectivity index (χ1) is 18.6. The van der Waals surface area contributed by atoms with Gasteiger partial charge in [0.15, 0.2) is 9.84 Å². The molecule has 0 bridgehead atoms. The van der Waals surface area contributed by atoms with Crippen LogP contribution in [-0.2, 0) is 43.2 Å². The number of amides is 4. The normalized spacial score (nSPS) is 17.4. The third-order valence-electron chi connectivity index (χ3n) is 5.84. The zero-order valence-corrected chi connectivity index (χ0v) is 21.9. The number of benzene rings is 1. The summed E-state index contributed by atoms with van der Waals surface area (Å²) in [7, 11) is -4.02. The van der Waals surface area contributed by atoms with Crippen molar-refractivity contribution in [3.05, 3.63) is 29.3 Å². The Bertz CT molecular complexity index is 1200. The second-order valence-corrected chi connectivity index (χ2v) is 10.6. The van der Waals surface area contributed by atoms with Crippen molar-refractivity contribution < 1.29 is 56.4 Å². The molecule has 0 saturated carbocycles. The topological polar surface area (TPSA) is 192 Å². The molecular formula is C24H30N2O12S. The fraction of sp³-hybridized carbons (Fsp3) is 0.542. The first-order valence-electron chi connectivity index (χ1n) is 12.2. The lowest BCUT2D eigenvalue weighted by molar-refractivity contribution is -0.138. The molecule has 39 heavy (non-hydrogen) atoms. The van der Waals surface area contributed by atoms with Gasteiger partial charge in [0.1, 0.15) is 6.04 Å². The molecule has 0 aliphatic carbocycles. The van der Waals surface area contributed by atoms with E-state index in [0.29, 0.717) is 13.2 Å². The van der Waals surface area contributed by atoms with Gasteiger partial charge < -0.3 is 24.1 Å². The molecular weight excluding hydrogens is 540 g/mol. The Morgan fingerprint density at radius 1 is 0.897 bits per heavy atom. The second-order valence-electron chi connectivity index (χ2n) is 8.54. The molecule has 2 aliphatic rings. The summed E-state index contributed by atoms with van der Waals surface area (Å²) in [4.78, 5) is 60.4. The lowest BCUT2D eigenvalue weighted by atomic mass is 10.0. The van der Waals surface area contributed by atoms with Gasteiger partial charge in [-0.25, -0.2) is 8.42 Å². The summed E-state index contributed by atoms with van der Waals surface area (Å²) in [5, 5.41) is 10.6. The molecule has 2 N–H and O–H groups in total. The predicted molar refractivity (Wildman–Crippen MR) is 131 cm³/mol. The fourth-order valence-corrected chi connectivity index (χ4v) is 5.29. The van der Waals surface area contributed by atoms with Crippen molar-refractivity contribution in [2.24, 2.45) is 0 Å². The molecule has 0 aromatic heterocycles. The van der Waals surface area contributed by atoms with Gasteiger partial charge in [-0.05, 0) is 18.6 Å². The SMILES string of the molecule is O=C(O)CCOCCOCCOCCOCCS(=O)(=O)c1cccc2c1C(=O)N(C1CCC(=O)NC1=O)C2=O. The maximum Gasteiger partial charge on any atom is 0.305 e. The molecule has 1 unspecified atom stereocenters. The number of nitrogens with one attached hydrogen (secondary N) is 1. The number of fused-ring (bicyclic) bond motifs is 1. The van der Waals surface area contributed by atoms with Gasteiger partial charge in [-0.15, -0.1) is 0 Å². The number of carboxylic acid groups (broad SMARTS) is 1. The number of sulfone groups is 1. The summed E-state index contributed by atoms with van der Waals surface area (Å²) in [6, 6.07) is 2.71. The summed E-state index contributed by atoms with van der Waals surface area (Å²) in [6.07, 6.45) is -0.156. The average molecular weight is 571 g/mol. The molecule has 214 valence electrons. The monoisotopic (exact) mass is 570 g/mol. The minimum Gasteiger partial charge on any atom is -0.481 e. The second kappa shape index (κ2) is 14.2. The van der Waals surface area contributed by atoms with E-state index in [1.54, 1.807) is 0 Å². The number of carbonyl (C=O) groups excluding carboxylic acids is 4. The van der Waals surface area contributed by atoms with Gasteiger partial charge in [0.2, 0.25) is 11.8 Å². The number of rotatable bonds is 17. The van der Waals surface area contributed by atoms with Gasteiger partial charge in [-0.3, -0.25) is 34.2 Å². The number of carboxylic acids is 1. The molecule has 4 amide bonds. The van der Waals surface area contributed by atoms with Gasteiger partial charge in [-0.2, -0.15) is 0 Å². The Morgan fingerprint density at radius 2 is 1.49 bits per heavy atom. The van der Waals surface area contributed by atoms with Crippen LogP contribution in [0.1, 0.15) is 40.0 Å². The first kappa shape index (κ1) is 30.3. The van der Waals surface area contributed by atoms with E-state index in [4.69, 9.17) is 24.1 Å². The van der Waals surface area contributed by atoms with E-state index in [2.05, 4.69) is 5.32 Å². The Morgan fingerprint density at radius 3 is 2.08 bits per heavy atom. The van der Waals surface area contributed by atoms with Crippen molar-refractivity contribution in [2.45, 2.75) is 30.2 Å². The van der Waals surface area contributed by atoms with Gasteiger partial charge in [0, 0.05) is 6.42 Å². The van der Waals surface area contributed by atoms with Gasteiger partial charge in [0.25, 0.3) is 11.8 Å². The number of piperidine rings is 1. The molecule has 1 fully saturated rings. The molecule has 1 aromatic carbocycles. The van der Waals surface area contributed by atoms with E-state index >= 15 is 0 Å². The van der Waals surface area contributed by atoms with Crippen LogP contribution in [0.15, 0.2) is 23.1 Å². The summed E-state index contributed by atoms with van der Waals surface area (Å²) in [5.41, 5.74) is -0.406. The number of nitrogens with zero attached hydrogens (tertiary/aromatic N) is 1. The highest BCUT2D eigenvalue weighted by Crippen LogP contribution is 2.32. The number of hydrogen-bond acceptors (Lipinski definition) is 11. The maximum absolute atomic E-state index is 13.1. The van der Waals surface area contributed by atoms with Gasteiger partial charge >= 0.3 is 5.97 Å². The third kappa shape index (κ3) is 8.12. The zero-order valence-electron chi connectivity index (χ0n) is 21.1. The molecule has 3 rings (SSSR count). The van der Waals surface area contributed by atoms with Crippen molar-refractivity contribution in [3.8, 4) is 0 Å². The number of aliphatic carboxylic acids is 1. The van der Waals surface area contributed by atoms with Crippen molar-refractivity contribution in [2.75, 3.05) is 58.6 Å². The van der Waals surface area contributed by atoms with Crippen LogP contribution in [0, 0.1) is 0 Å². The molecule has 0 radical (unpaired) electrons. The minimum atomic E-state index is -4.02. The molecule has 1 aromatic rings. The van der Waals surface area contributed by atoms with Crippen molar-refractivity contribution in [3.63, 3.8) is 0 Å². The molecule has 1 saturated heterocycles. The minimum absolute atomic E-state index is 0.0384. The smallest absolute Gasteiger partial charge is 0.305 e. The highest BCUT2D eigenvalue weighted by molar-refractivity contribution is 7.91. The molecule has 15 heteroatoms. The summed E-state index contributed by atoms with van der Waals surface area (Å²) in [5.74, 6) is -4.36. The van der Waals surface area contributed by atoms with Crippen LogP contribution in [0.2, 0.25) is 0 Å². The van der Waals surface area contributed by atoms with Crippen LogP contribution >= 0.6 is 0 Å². The zero-order chi connectivity index (χ0) is 28.4. The lowest BCUT2D eigenvalue weighted by Gasteiger charge is -2.27. The van der Waals surface area contributed by atoms with Crippen LogP contribution in [0.3, 0.4) is 0 Å². The van der Waals surface area contributed by atoms with Crippen molar-refractivity contribution in [1.82, 2.24) is 10.2 Å². The van der Waals surface area contributed by atoms with E-state index in [0.717, 1.165) is 4.90 Å². The van der Waals surface area contributed by atoms with Crippen LogP contribution < -0.4 is 5.32 Å². The van der Waals surface area contributed by atoms with E-state index in [-0.39, 0.29) is 74.9 Å². The Kier molecular flexibility index (Phi) is 11.1. The summed E-state index contributed by atoms with van der Waals surface area (Å²) < 4.78 is 47.0. The van der Waals surface area contributed by atoms with Crippen molar-refractivity contribution in [1.29, 1.82) is 0 Å². The highest BCUT2D eigenvalue weighted by atomic mass is 32.2. The number of carbonyl (C=O) groups is 5. The lowest BCUT2D eigenvalue weighted by Crippen LogP contribution is -2.54. The first-order valence-corrected chi connectivity index (χ1v) is 13.9. The predicted octanol–water partition coefficient (Wildman–Crippen LogP) is -0.597. The maximum atomic E-state index is 13.1. The van der Waals surface area contributed by atoms with E-state index in [1.165, 1.54) is 18.2 Å². The largest absolute Gasteiger partial charge is 0.481 e. The van der Waals surface area contributed by atoms with Crippen molar-refractivity contribution >= 4 is 39.4 Å². The quantitative estimate of drug-likeness (QED) is 0.179. The fourth-order valence-electron chi connectivity index (χ4n) is 3.94. The van der Waals surface area contributed by atoms with Gasteiger partial charge in [-0.1, -0.05) is 6.07 Å². The molecule has 0 spiro atoms. The molecule has 1 atom stereocenters. The van der Waals surface area contributed by atoms with Crippen LogP contribution in [0.5, 0.6) is 0 Å². The molecule has 14 nitrogen and oxygen atoms in total. The molecule has 2 aliphatic heterocycles. The number of ether oxygens (including phenoxy) is 4. The number of hydrogen-bond donors (Lipinski definition) is 2. The standard InChI is InChI=1S/C24H30N2O12S/c27-19-5-4-17(22(30)25-19)26-23(31)16-2-1-3-18(21(16)24(26)32)39(33,34)15-14-38-13-12-37-11-10-36-9-8-35-7-6-20(28)29/h1-3,17H,4-15H2,(H,28,29)(H,25,27,30). The summed E-state index contributed by atoms with van der Waals surface area (Å²) in [6.45, 7) is 1.35. The summed E-state index contributed by atoms with van der Waals surface area (Å²) >= 11 is 0. The van der Waals surface area contributed by atoms with Crippen LogP contribution in [-0.4, -0.2) is 113 Å². The van der Waals surface area contributed by atoms with E-state index in [9.17, 15) is 32.4 Å². The Hall–Kier alpha value is -3.24. The average Bonchev–Trinajstić information content (AvgIpc) is 3.14. The van der Waals surface area contributed by atoms with E-state index < -0.39 is 51.2 Å². The highest BCUT2D eigenvalue weighted by Gasteiger charge is 2.46.